The summed E-state index contributed by atoms with van der Waals surface area (Å²) in [6.07, 6.45) is 0. The predicted molar refractivity (Wildman–Crippen MR) is 44.8 cm³/mol. The quantitative estimate of drug-likeness (QED) is 0.455. The standard InChI is InChI=1S/C8H15NO2/c1-6(2)5-11-8(10)7(3)9-4/h6-7H,4-5H2,1-3H3/t7-/m0/s1. The molecule has 0 saturated carbocycles. The first kappa shape index (κ1) is 10.1. The van der Waals surface area contributed by atoms with Gasteiger partial charge in [-0.15, -0.1) is 0 Å². The van der Waals surface area contributed by atoms with E-state index in [1.54, 1.807) is 6.92 Å². The molecule has 0 radical (unpaired) electrons. The van der Waals surface area contributed by atoms with Crippen LogP contribution in [0.2, 0.25) is 0 Å². The molecule has 1 atom stereocenters. The van der Waals surface area contributed by atoms with E-state index < -0.39 is 6.04 Å². The topological polar surface area (TPSA) is 38.7 Å². The van der Waals surface area contributed by atoms with Crippen molar-refractivity contribution in [2.45, 2.75) is 26.8 Å². The highest BCUT2D eigenvalue weighted by Crippen LogP contribution is 1.97. The van der Waals surface area contributed by atoms with Crippen LogP contribution in [-0.4, -0.2) is 25.3 Å². The van der Waals surface area contributed by atoms with Crippen molar-refractivity contribution >= 4 is 12.7 Å². The Morgan fingerprint density at radius 3 is 2.45 bits per heavy atom. The zero-order valence-corrected chi connectivity index (χ0v) is 7.33. The van der Waals surface area contributed by atoms with Gasteiger partial charge in [0.15, 0.2) is 0 Å². The van der Waals surface area contributed by atoms with Crippen molar-refractivity contribution in [3.8, 4) is 0 Å². The molecule has 0 unspecified atom stereocenters. The third kappa shape index (κ3) is 4.53. The molecule has 3 heteroatoms. The molecule has 0 aromatic carbocycles. The predicted octanol–water partition coefficient (Wildman–Crippen LogP) is 1.27. The summed E-state index contributed by atoms with van der Waals surface area (Å²) in [5.74, 6) is 0.0738. The van der Waals surface area contributed by atoms with E-state index in [0.29, 0.717) is 12.5 Å². The third-order valence-corrected chi connectivity index (χ3v) is 1.17. The molecule has 0 aromatic rings. The number of rotatable bonds is 4. The molecule has 0 aliphatic carbocycles. The Bertz CT molecular complexity index is 143. The van der Waals surface area contributed by atoms with E-state index >= 15 is 0 Å². The minimum Gasteiger partial charge on any atom is -0.464 e. The van der Waals surface area contributed by atoms with Gasteiger partial charge in [0.25, 0.3) is 0 Å². The molecule has 0 spiro atoms. The van der Waals surface area contributed by atoms with E-state index in [2.05, 4.69) is 11.7 Å². The van der Waals surface area contributed by atoms with Crippen molar-refractivity contribution in [1.29, 1.82) is 0 Å². The first-order chi connectivity index (χ1) is 5.07. The lowest BCUT2D eigenvalue weighted by atomic mass is 10.2. The second-order valence-corrected chi connectivity index (χ2v) is 2.88. The molecule has 0 bridgehead atoms. The summed E-state index contributed by atoms with van der Waals surface area (Å²) >= 11 is 0. The molecule has 3 nitrogen and oxygen atoms in total. The zero-order valence-electron chi connectivity index (χ0n) is 7.33. The fraction of sp³-hybridized carbons (Fsp3) is 0.750. The van der Waals surface area contributed by atoms with E-state index in [1.165, 1.54) is 0 Å². The summed E-state index contributed by atoms with van der Waals surface area (Å²) in [5.41, 5.74) is 0. The average molecular weight is 157 g/mol. The van der Waals surface area contributed by atoms with Crippen molar-refractivity contribution in [3.05, 3.63) is 0 Å². The Labute approximate surface area is 67.5 Å². The molecule has 0 fully saturated rings. The van der Waals surface area contributed by atoms with Crippen LogP contribution < -0.4 is 0 Å². The van der Waals surface area contributed by atoms with Gasteiger partial charge < -0.3 is 4.74 Å². The second-order valence-electron chi connectivity index (χ2n) is 2.88. The van der Waals surface area contributed by atoms with Gasteiger partial charge in [0.2, 0.25) is 0 Å². The summed E-state index contributed by atoms with van der Waals surface area (Å²) < 4.78 is 4.88. The number of carbonyl (C=O) groups is 1. The Kier molecular flexibility index (Phi) is 4.50. The van der Waals surface area contributed by atoms with Crippen molar-refractivity contribution in [2.75, 3.05) is 6.61 Å². The summed E-state index contributed by atoms with van der Waals surface area (Å²) in [5, 5.41) is 0. The lowest BCUT2D eigenvalue weighted by molar-refractivity contribution is -0.145. The highest BCUT2D eigenvalue weighted by molar-refractivity contribution is 5.76. The smallest absolute Gasteiger partial charge is 0.330 e. The maximum Gasteiger partial charge on any atom is 0.330 e. The molecule has 0 aromatic heterocycles. The first-order valence-electron chi connectivity index (χ1n) is 3.70. The van der Waals surface area contributed by atoms with Crippen molar-refractivity contribution in [1.82, 2.24) is 0 Å². The summed E-state index contributed by atoms with van der Waals surface area (Å²) in [7, 11) is 0. The average Bonchev–Trinajstić information content (AvgIpc) is 1.98. The zero-order chi connectivity index (χ0) is 8.85. The van der Waals surface area contributed by atoms with Gasteiger partial charge in [-0.25, -0.2) is 4.79 Å². The summed E-state index contributed by atoms with van der Waals surface area (Å²) in [6.45, 7) is 9.35. The molecule has 0 aliphatic heterocycles. The van der Waals surface area contributed by atoms with Crippen LogP contribution in [0.3, 0.4) is 0 Å². The Morgan fingerprint density at radius 1 is 1.55 bits per heavy atom. The van der Waals surface area contributed by atoms with Gasteiger partial charge >= 0.3 is 5.97 Å². The molecule has 0 amide bonds. The minimum absolute atomic E-state index is 0.297. The van der Waals surface area contributed by atoms with Gasteiger partial charge in [-0.1, -0.05) is 13.8 Å². The van der Waals surface area contributed by atoms with Gasteiger partial charge in [-0.05, 0) is 19.6 Å². The first-order valence-corrected chi connectivity index (χ1v) is 3.70. The Hall–Kier alpha value is -0.860. The van der Waals surface area contributed by atoms with E-state index in [-0.39, 0.29) is 5.97 Å². The van der Waals surface area contributed by atoms with Crippen molar-refractivity contribution in [3.63, 3.8) is 0 Å². The van der Waals surface area contributed by atoms with Crippen molar-refractivity contribution < 1.29 is 9.53 Å². The lowest BCUT2D eigenvalue weighted by Gasteiger charge is -2.08. The third-order valence-electron chi connectivity index (χ3n) is 1.17. The SMILES string of the molecule is C=N[C@@H](C)C(=O)OCC(C)C. The monoisotopic (exact) mass is 157 g/mol. The van der Waals surface area contributed by atoms with Gasteiger partial charge in [-0.3, -0.25) is 4.99 Å². The molecule has 0 heterocycles. The fourth-order valence-electron chi connectivity index (χ4n) is 0.444. The Balaban J connectivity index is 3.60. The van der Waals surface area contributed by atoms with Crippen LogP contribution in [0.25, 0.3) is 0 Å². The number of hydrogen-bond acceptors (Lipinski definition) is 3. The van der Waals surface area contributed by atoms with Crippen LogP contribution in [0, 0.1) is 5.92 Å². The van der Waals surface area contributed by atoms with Gasteiger partial charge in [0.05, 0.1) is 6.61 Å². The van der Waals surface area contributed by atoms with E-state index in [1.807, 2.05) is 13.8 Å². The van der Waals surface area contributed by atoms with Crippen LogP contribution in [0.15, 0.2) is 4.99 Å². The molecule has 64 valence electrons. The number of hydrogen-bond donors (Lipinski definition) is 0. The second kappa shape index (κ2) is 4.88. The molecule has 0 rings (SSSR count). The van der Waals surface area contributed by atoms with E-state index in [4.69, 9.17) is 4.74 Å². The molecule has 0 aliphatic rings. The number of nitrogens with zero attached hydrogens (tertiary/aromatic N) is 1. The maximum atomic E-state index is 10.9. The van der Waals surface area contributed by atoms with Crippen LogP contribution in [-0.2, 0) is 9.53 Å². The van der Waals surface area contributed by atoms with Crippen LogP contribution in [0.4, 0.5) is 0 Å². The van der Waals surface area contributed by atoms with Gasteiger partial charge in [0, 0.05) is 0 Å². The normalized spacial score (nSPS) is 12.7. The number of aliphatic imine (C=N–C) groups is 1. The van der Waals surface area contributed by atoms with Crippen LogP contribution >= 0.6 is 0 Å². The number of ether oxygens (including phenoxy) is 1. The highest BCUT2D eigenvalue weighted by atomic mass is 16.5. The Morgan fingerprint density at radius 2 is 2.09 bits per heavy atom. The van der Waals surface area contributed by atoms with Gasteiger partial charge in [0.1, 0.15) is 6.04 Å². The highest BCUT2D eigenvalue weighted by Gasteiger charge is 2.11. The fourth-order valence-corrected chi connectivity index (χ4v) is 0.444. The molecular formula is C8H15NO2. The van der Waals surface area contributed by atoms with E-state index in [0.717, 1.165) is 0 Å². The molecule has 0 N–H and O–H groups in total. The van der Waals surface area contributed by atoms with E-state index in [9.17, 15) is 4.79 Å². The summed E-state index contributed by atoms with van der Waals surface area (Å²) in [6, 6.07) is -0.436. The van der Waals surface area contributed by atoms with Crippen LogP contribution in [0.1, 0.15) is 20.8 Å². The molecular weight excluding hydrogens is 142 g/mol. The summed E-state index contributed by atoms with van der Waals surface area (Å²) in [4.78, 5) is 14.5. The largest absolute Gasteiger partial charge is 0.464 e. The lowest BCUT2D eigenvalue weighted by Crippen LogP contribution is -2.19. The van der Waals surface area contributed by atoms with Crippen LogP contribution in [0.5, 0.6) is 0 Å². The van der Waals surface area contributed by atoms with Gasteiger partial charge in [-0.2, -0.15) is 0 Å². The minimum atomic E-state index is -0.436. The number of carbonyl (C=O) groups excluding carboxylic acids is 1. The number of esters is 1. The van der Waals surface area contributed by atoms with Crippen molar-refractivity contribution in [2.24, 2.45) is 10.9 Å². The molecule has 11 heavy (non-hydrogen) atoms. The molecule has 0 saturated heterocycles. The maximum absolute atomic E-state index is 10.9.